The summed E-state index contributed by atoms with van der Waals surface area (Å²) in [6.07, 6.45) is 1.57. The van der Waals surface area contributed by atoms with Crippen LogP contribution in [0.4, 0.5) is 0 Å². The lowest BCUT2D eigenvalue weighted by Gasteiger charge is -2.14. The molecule has 4 nitrogen and oxygen atoms in total. The summed E-state index contributed by atoms with van der Waals surface area (Å²) in [6.45, 7) is 2.64. The number of nitrogens with one attached hydrogen (secondary N) is 1. The normalized spacial score (nSPS) is 23.0. The van der Waals surface area contributed by atoms with Crippen LogP contribution in [0.3, 0.4) is 0 Å². The molecule has 1 saturated heterocycles. The third-order valence-electron chi connectivity index (χ3n) is 3.57. The standard InChI is InChI=1S/C14H19NO3/c1-3-9-6-10(4-5-13(9)18-2)12-7-11(8-15-12)14(16)17/h4-6,11-12,15H,3,7-8H2,1-2H3,(H,16,17). The zero-order valence-electron chi connectivity index (χ0n) is 10.8. The van der Waals surface area contributed by atoms with E-state index in [1.165, 1.54) is 0 Å². The van der Waals surface area contributed by atoms with Gasteiger partial charge in [-0.2, -0.15) is 0 Å². The lowest BCUT2D eigenvalue weighted by molar-refractivity contribution is -0.141. The molecule has 2 atom stereocenters. The number of hydrogen-bond donors (Lipinski definition) is 2. The highest BCUT2D eigenvalue weighted by molar-refractivity contribution is 5.70. The number of benzene rings is 1. The molecule has 1 aliphatic heterocycles. The molecule has 1 fully saturated rings. The Morgan fingerprint density at radius 1 is 1.56 bits per heavy atom. The molecule has 0 radical (unpaired) electrons. The number of carbonyl (C=O) groups is 1. The molecule has 1 aromatic rings. The molecule has 98 valence electrons. The molecular weight excluding hydrogens is 230 g/mol. The summed E-state index contributed by atoms with van der Waals surface area (Å²) in [7, 11) is 1.67. The van der Waals surface area contributed by atoms with Crippen LogP contribution in [0, 0.1) is 5.92 Å². The van der Waals surface area contributed by atoms with Gasteiger partial charge in [-0.15, -0.1) is 0 Å². The number of carboxylic acid groups (broad SMARTS) is 1. The largest absolute Gasteiger partial charge is 0.496 e. The molecule has 0 spiro atoms. The summed E-state index contributed by atoms with van der Waals surface area (Å²) < 4.78 is 5.30. The molecule has 2 rings (SSSR count). The van der Waals surface area contributed by atoms with Crippen LogP contribution in [0.2, 0.25) is 0 Å². The predicted molar refractivity (Wildman–Crippen MR) is 68.9 cm³/mol. The quantitative estimate of drug-likeness (QED) is 0.856. The maximum Gasteiger partial charge on any atom is 0.307 e. The molecule has 0 aliphatic carbocycles. The maximum absolute atomic E-state index is 10.9. The third kappa shape index (κ3) is 2.48. The third-order valence-corrected chi connectivity index (χ3v) is 3.57. The Morgan fingerprint density at radius 3 is 2.89 bits per heavy atom. The minimum absolute atomic E-state index is 0.141. The van der Waals surface area contributed by atoms with E-state index in [1.807, 2.05) is 12.1 Å². The molecular formula is C14H19NO3. The molecule has 1 heterocycles. The van der Waals surface area contributed by atoms with Crippen molar-refractivity contribution in [2.45, 2.75) is 25.8 Å². The number of methoxy groups -OCH3 is 1. The Balaban J connectivity index is 2.17. The fourth-order valence-corrected chi connectivity index (χ4v) is 2.47. The SMILES string of the molecule is CCc1cc(C2CC(C(=O)O)CN2)ccc1OC. The summed E-state index contributed by atoms with van der Waals surface area (Å²) in [5.41, 5.74) is 2.31. The van der Waals surface area contributed by atoms with Crippen molar-refractivity contribution in [3.8, 4) is 5.75 Å². The molecule has 0 bridgehead atoms. The zero-order chi connectivity index (χ0) is 13.1. The second-order valence-corrected chi connectivity index (χ2v) is 4.66. The highest BCUT2D eigenvalue weighted by atomic mass is 16.5. The van der Waals surface area contributed by atoms with Gasteiger partial charge in [0.15, 0.2) is 0 Å². The summed E-state index contributed by atoms with van der Waals surface area (Å²) >= 11 is 0. The average molecular weight is 249 g/mol. The topological polar surface area (TPSA) is 58.6 Å². The first-order chi connectivity index (χ1) is 8.65. The molecule has 18 heavy (non-hydrogen) atoms. The first-order valence-corrected chi connectivity index (χ1v) is 6.28. The van der Waals surface area contributed by atoms with Crippen LogP contribution >= 0.6 is 0 Å². The molecule has 0 amide bonds. The maximum atomic E-state index is 10.9. The van der Waals surface area contributed by atoms with Gasteiger partial charge in [0.2, 0.25) is 0 Å². The first kappa shape index (κ1) is 12.9. The molecule has 1 aliphatic rings. The van der Waals surface area contributed by atoms with Crippen molar-refractivity contribution >= 4 is 5.97 Å². The Morgan fingerprint density at radius 2 is 2.33 bits per heavy atom. The molecule has 0 aromatic heterocycles. The van der Waals surface area contributed by atoms with Crippen molar-refractivity contribution in [2.75, 3.05) is 13.7 Å². The fourth-order valence-electron chi connectivity index (χ4n) is 2.47. The van der Waals surface area contributed by atoms with Crippen molar-refractivity contribution in [3.63, 3.8) is 0 Å². The lowest BCUT2D eigenvalue weighted by Crippen LogP contribution is -2.17. The van der Waals surface area contributed by atoms with Crippen LogP contribution in [0.25, 0.3) is 0 Å². The van der Waals surface area contributed by atoms with E-state index in [2.05, 4.69) is 18.3 Å². The van der Waals surface area contributed by atoms with Gasteiger partial charge in [-0.3, -0.25) is 4.79 Å². The number of hydrogen-bond acceptors (Lipinski definition) is 3. The van der Waals surface area contributed by atoms with E-state index in [0.29, 0.717) is 13.0 Å². The smallest absolute Gasteiger partial charge is 0.307 e. The van der Waals surface area contributed by atoms with Gasteiger partial charge < -0.3 is 15.2 Å². The van der Waals surface area contributed by atoms with Crippen molar-refractivity contribution in [2.24, 2.45) is 5.92 Å². The van der Waals surface area contributed by atoms with Gasteiger partial charge in [0.25, 0.3) is 0 Å². The average Bonchev–Trinajstić information content (AvgIpc) is 2.87. The van der Waals surface area contributed by atoms with Gasteiger partial charge in [0.05, 0.1) is 13.0 Å². The summed E-state index contributed by atoms with van der Waals surface area (Å²) in [4.78, 5) is 10.9. The summed E-state index contributed by atoms with van der Waals surface area (Å²) in [6, 6.07) is 6.23. The van der Waals surface area contributed by atoms with Gasteiger partial charge in [0, 0.05) is 12.6 Å². The highest BCUT2D eigenvalue weighted by Gasteiger charge is 2.30. The van der Waals surface area contributed by atoms with Crippen molar-refractivity contribution in [1.29, 1.82) is 0 Å². The fraction of sp³-hybridized carbons (Fsp3) is 0.500. The number of rotatable bonds is 4. The molecule has 4 heteroatoms. The molecule has 2 N–H and O–H groups in total. The van der Waals surface area contributed by atoms with E-state index in [0.717, 1.165) is 23.3 Å². The minimum Gasteiger partial charge on any atom is -0.496 e. The van der Waals surface area contributed by atoms with Crippen molar-refractivity contribution in [3.05, 3.63) is 29.3 Å². The molecule has 1 aromatic carbocycles. The lowest BCUT2D eigenvalue weighted by atomic mass is 9.97. The minimum atomic E-state index is -0.714. The van der Waals surface area contributed by atoms with Gasteiger partial charge in [-0.05, 0) is 30.0 Å². The van der Waals surface area contributed by atoms with Crippen LogP contribution < -0.4 is 10.1 Å². The van der Waals surface area contributed by atoms with Crippen LogP contribution in [-0.4, -0.2) is 24.7 Å². The zero-order valence-corrected chi connectivity index (χ0v) is 10.8. The van der Waals surface area contributed by atoms with E-state index >= 15 is 0 Å². The van der Waals surface area contributed by atoms with Gasteiger partial charge in [-0.25, -0.2) is 0 Å². The van der Waals surface area contributed by atoms with Crippen LogP contribution in [-0.2, 0) is 11.2 Å². The Labute approximate surface area is 107 Å². The summed E-state index contributed by atoms with van der Waals surface area (Å²) in [5.74, 6) is -0.0922. The predicted octanol–water partition coefficient (Wildman–Crippen LogP) is 1.99. The highest BCUT2D eigenvalue weighted by Crippen LogP contribution is 2.30. The van der Waals surface area contributed by atoms with Crippen LogP contribution in [0.15, 0.2) is 18.2 Å². The molecule has 2 unspecified atom stereocenters. The second kappa shape index (κ2) is 5.40. The van der Waals surface area contributed by atoms with Gasteiger partial charge in [-0.1, -0.05) is 19.1 Å². The first-order valence-electron chi connectivity index (χ1n) is 6.28. The van der Waals surface area contributed by atoms with Crippen LogP contribution in [0.1, 0.15) is 30.5 Å². The summed E-state index contributed by atoms with van der Waals surface area (Å²) in [5, 5.41) is 12.3. The Hall–Kier alpha value is -1.55. The monoisotopic (exact) mass is 249 g/mol. The van der Waals surface area contributed by atoms with E-state index < -0.39 is 5.97 Å². The number of ether oxygens (including phenoxy) is 1. The van der Waals surface area contributed by atoms with Gasteiger partial charge in [0.1, 0.15) is 5.75 Å². The van der Waals surface area contributed by atoms with E-state index in [9.17, 15) is 4.79 Å². The van der Waals surface area contributed by atoms with Crippen molar-refractivity contribution < 1.29 is 14.6 Å². The van der Waals surface area contributed by atoms with E-state index in [-0.39, 0.29) is 12.0 Å². The second-order valence-electron chi connectivity index (χ2n) is 4.66. The van der Waals surface area contributed by atoms with Crippen molar-refractivity contribution in [1.82, 2.24) is 5.32 Å². The van der Waals surface area contributed by atoms with Crippen LogP contribution in [0.5, 0.6) is 5.75 Å². The van der Waals surface area contributed by atoms with E-state index in [1.54, 1.807) is 7.11 Å². The number of aliphatic carboxylic acids is 1. The molecule has 0 saturated carbocycles. The Bertz CT molecular complexity index is 445. The number of aryl methyl sites for hydroxylation is 1. The number of carboxylic acids is 1. The van der Waals surface area contributed by atoms with E-state index in [4.69, 9.17) is 9.84 Å². The van der Waals surface area contributed by atoms with Gasteiger partial charge >= 0.3 is 5.97 Å². The Kier molecular flexibility index (Phi) is 3.87.